The molecule has 0 radical (unpaired) electrons. The van der Waals surface area contributed by atoms with E-state index in [1.165, 1.54) is 0 Å². The molecule has 0 spiro atoms. The highest BCUT2D eigenvalue weighted by atomic mass is 16.4. The first-order valence-corrected chi connectivity index (χ1v) is 5.50. The molecular weight excluding hydrogens is 220 g/mol. The number of carboxylic acid groups (broad SMARTS) is 1. The molecule has 2 N–H and O–H groups in total. The molecule has 0 aromatic heterocycles. The number of benzene rings is 1. The van der Waals surface area contributed by atoms with Gasteiger partial charge in [0.15, 0.2) is 0 Å². The van der Waals surface area contributed by atoms with E-state index in [0.717, 1.165) is 0 Å². The molecule has 1 fully saturated rings. The van der Waals surface area contributed by atoms with Gasteiger partial charge < -0.3 is 15.3 Å². The summed E-state index contributed by atoms with van der Waals surface area (Å²) in [5, 5.41) is 11.0. The Hall–Kier alpha value is -2.04. The van der Waals surface area contributed by atoms with Crippen molar-refractivity contribution >= 4 is 12.0 Å². The highest BCUT2D eigenvalue weighted by molar-refractivity contribution is 5.94. The average Bonchev–Trinajstić information content (AvgIpc) is 2.77. The normalized spacial score (nSPS) is 19.1. The molecule has 0 unspecified atom stereocenters. The highest BCUT2D eigenvalue weighted by Crippen LogP contribution is 2.13. The first kappa shape index (κ1) is 11.4. The lowest BCUT2D eigenvalue weighted by Gasteiger charge is -2.16. The van der Waals surface area contributed by atoms with Crippen molar-refractivity contribution in [2.75, 3.05) is 13.1 Å². The van der Waals surface area contributed by atoms with Crippen LogP contribution in [-0.4, -0.2) is 41.1 Å². The fourth-order valence-electron chi connectivity index (χ4n) is 2.00. The third-order valence-electron chi connectivity index (χ3n) is 2.82. The van der Waals surface area contributed by atoms with Gasteiger partial charge in [0.25, 0.3) is 5.91 Å². The van der Waals surface area contributed by atoms with Gasteiger partial charge in [-0.2, -0.15) is 0 Å². The summed E-state index contributed by atoms with van der Waals surface area (Å²) in [6.45, 7) is 1.04. The summed E-state index contributed by atoms with van der Waals surface area (Å²) >= 11 is 0. The van der Waals surface area contributed by atoms with Gasteiger partial charge in [-0.25, -0.2) is 4.79 Å². The number of carbonyl (C=O) groups excluding carboxylic acids is 1. The number of hydrogen-bond acceptors (Lipinski definition) is 2. The monoisotopic (exact) mass is 234 g/mol. The minimum atomic E-state index is -1.04. The van der Waals surface area contributed by atoms with Crippen molar-refractivity contribution in [3.8, 4) is 0 Å². The Morgan fingerprint density at radius 3 is 2.65 bits per heavy atom. The van der Waals surface area contributed by atoms with Crippen LogP contribution in [0.3, 0.4) is 0 Å². The molecule has 17 heavy (non-hydrogen) atoms. The lowest BCUT2D eigenvalue weighted by atomic mass is 10.2. The first-order chi connectivity index (χ1) is 8.16. The van der Waals surface area contributed by atoms with Gasteiger partial charge in [-0.3, -0.25) is 4.79 Å². The SMILES string of the molecule is O=C(O)N[C@@H]1CCN(C(=O)c2ccccc2)C1. The Morgan fingerprint density at radius 2 is 2.00 bits per heavy atom. The van der Waals surface area contributed by atoms with Crippen molar-refractivity contribution in [2.45, 2.75) is 12.5 Å². The Bertz CT molecular complexity index is 419. The molecule has 1 aromatic rings. The Morgan fingerprint density at radius 1 is 1.29 bits per heavy atom. The van der Waals surface area contributed by atoms with Gasteiger partial charge in [-0.15, -0.1) is 0 Å². The Labute approximate surface area is 99.0 Å². The topological polar surface area (TPSA) is 69.6 Å². The second-order valence-electron chi connectivity index (χ2n) is 4.05. The smallest absolute Gasteiger partial charge is 0.404 e. The minimum Gasteiger partial charge on any atom is -0.465 e. The molecular formula is C12H14N2O3. The van der Waals surface area contributed by atoms with Gasteiger partial charge in [0.1, 0.15) is 0 Å². The van der Waals surface area contributed by atoms with E-state index in [1.807, 2.05) is 18.2 Å². The number of hydrogen-bond donors (Lipinski definition) is 2. The molecule has 2 amide bonds. The molecule has 1 aliphatic rings. The van der Waals surface area contributed by atoms with E-state index in [2.05, 4.69) is 5.32 Å². The lowest BCUT2D eigenvalue weighted by molar-refractivity contribution is 0.0788. The van der Waals surface area contributed by atoms with Crippen LogP contribution in [0.2, 0.25) is 0 Å². The van der Waals surface area contributed by atoms with E-state index in [1.54, 1.807) is 17.0 Å². The first-order valence-electron chi connectivity index (χ1n) is 5.50. The van der Waals surface area contributed by atoms with E-state index in [0.29, 0.717) is 25.1 Å². The van der Waals surface area contributed by atoms with Crippen molar-refractivity contribution in [1.82, 2.24) is 10.2 Å². The minimum absolute atomic E-state index is 0.0414. The lowest BCUT2D eigenvalue weighted by Crippen LogP contribution is -2.37. The van der Waals surface area contributed by atoms with Gasteiger partial charge in [0.05, 0.1) is 6.04 Å². The van der Waals surface area contributed by atoms with E-state index >= 15 is 0 Å². The van der Waals surface area contributed by atoms with E-state index in [9.17, 15) is 9.59 Å². The van der Waals surface area contributed by atoms with Crippen LogP contribution in [0.4, 0.5) is 4.79 Å². The fourth-order valence-corrected chi connectivity index (χ4v) is 2.00. The van der Waals surface area contributed by atoms with Crippen LogP contribution in [0.25, 0.3) is 0 Å². The molecule has 1 heterocycles. The highest BCUT2D eigenvalue weighted by Gasteiger charge is 2.27. The van der Waals surface area contributed by atoms with Crippen LogP contribution in [0, 0.1) is 0 Å². The van der Waals surface area contributed by atoms with Crippen LogP contribution >= 0.6 is 0 Å². The molecule has 1 atom stereocenters. The number of nitrogens with one attached hydrogen (secondary N) is 1. The molecule has 0 saturated carbocycles. The van der Waals surface area contributed by atoms with Gasteiger partial charge in [0, 0.05) is 18.7 Å². The van der Waals surface area contributed by atoms with Crippen LogP contribution in [0.5, 0.6) is 0 Å². The number of likely N-dealkylation sites (tertiary alicyclic amines) is 1. The third kappa shape index (κ3) is 2.75. The Balaban J connectivity index is 1.97. The fraction of sp³-hybridized carbons (Fsp3) is 0.333. The van der Waals surface area contributed by atoms with Crippen molar-refractivity contribution in [3.63, 3.8) is 0 Å². The summed E-state index contributed by atoms with van der Waals surface area (Å²) in [5.41, 5.74) is 0.642. The maximum atomic E-state index is 12.0. The van der Waals surface area contributed by atoms with Crippen LogP contribution in [0.15, 0.2) is 30.3 Å². The van der Waals surface area contributed by atoms with Crippen LogP contribution in [0.1, 0.15) is 16.8 Å². The maximum Gasteiger partial charge on any atom is 0.404 e. The molecule has 5 heteroatoms. The zero-order valence-electron chi connectivity index (χ0n) is 9.30. The van der Waals surface area contributed by atoms with Crippen molar-refractivity contribution in [3.05, 3.63) is 35.9 Å². The van der Waals surface area contributed by atoms with E-state index in [-0.39, 0.29) is 11.9 Å². The standard InChI is InChI=1S/C12H14N2O3/c15-11(9-4-2-1-3-5-9)14-7-6-10(8-14)13-12(16)17/h1-5,10,13H,6-8H2,(H,16,17)/t10-/m1/s1. The average molecular weight is 234 g/mol. The molecule has 1 saturated heterocycles. The van der Waals surface area contributed by atoms with Crippen LogP contribution in [-0.2, 0) is 0 Å². The van der Waals surface area contributed by atoms with Crippen molar-refractivity contribution in [1.29, 1.82) is 0 Å². The summed E-state index contributed by atoms with van der Waals surface area (Å²) < 4.78 is 0. The molecule has 5 nitrogen and oxygen atoms in total. The zero-order valence-corrected chi connectivity index (χ0v) is 9.30. The summed E-state index contributed by atoms with van der Waals surface area (Å²) in [6.07, 6.45) is -0.366. The van der Waals surface area contributed by atoms with E-state index < -0.39 is 6.09 Å². The quantitative estimate of drug-likeness (QED) is 0.807. The van der Waals surface area contributed by atoms with Crippen molar-refractivity contribution in [2.24, 2.45) is 0 Å². The third-order valence-corrected chi connectivity index (χ3v) is 2.82. The summed E-state index contributed by atoms with van der Waals surface area (Å²) in [5.74, 6) is -0.0414. The van der Waals surface area contributed by atoms with Gasteiger partial charge in [0.2, 0.25) is 0 Å². The number of amides is 2. The van der Waals surface area contributed by atoms with Crippen LogP contribution < -0.4 is 5.32 Å². The molecule has 2 rings (SSSR count). The van der Waals surface area contributed by atoms with E-state index in [4.69, 9.17) is 5.11 Å². The molecule has 0 bridgehead atoms. The number of carbonyl (C=O) groups is 2. The largest absolute Gasteiger partial charge is 0.465 e. The maximum absolute atomic E-state index is 12.0. The second kappa shape index (κ2) is 4.86. The summed E-state index contributed by atoms with van der Waals surface area (Å²) in [4.78, 5) is 24.2. The molecule has 0 aliphatic carbocycles. The molecule has 1 aromatic carbocycles. The number of nitrogens with zero attached hydrogens (tertiary/aromatic N) is 1. The Kier molecular flexibility index (Phi) is 3.27. The van der Waals surface area contributed by atoms with Crippen molar-refractivity contribution < 1.29 is 14.7 Å². The molecule has 1 aliphatic heterocycles. The summed E-state index contributed by atoms with van der Waals surface area (Å²) in [7, 11) is 0. The zero-order chi connectivity index (χ0) is 12.3. The predicted octanol–water partition coefficient (Wildman–Crippen LogP) is 1.17. The second-order valence-corrected chi connectivity index (χ2v) is 4.05. The van der Waals surface area contributed by atoms with Gasteiger partial charge in [-0.1, -0.05) is 18.2 Å². The predicted molar refractivity (Wildman–Crippen MR) is 61.9 cm³/mol. The number of rotatable bonds is 2. The van der Waals surface area contributed by atoms with Gasteiger partial charge in [-0.05, 0) is 18.6 Å². The van der Waals surface area contributed by atoms with Gasteiger partial charge >= 0.3 is 6.09 Å². The molecule has 90 valence electrons. The summed E-state index contributed by atoms with van der Waals surface area (Å²) in [6, 6.07) is 8.86.